The molecule has 2 aromatic carbocycles. The predicted molar refractivity (Wildman–Crippen MR) is 96.7 cm³/mol. The van der Waals surface area contributed by atoms with E-state index in [0.717, 1.165) is 0 Å². The van der Waals surface area contributed by atoms with Gasteiger partial charge in [-0.25, -0.2) is 5.43 Å². The molecule has 5 nitrogen and oxygen atoms in total. The zero-order valence-electron chi connectivity index (χ0n) is 11.1. The van der Waals surface area contributed by atoms with E-state index in [2.05, 4.69) is 42.4 Å². The highest BCUT2D eigenvalue weighted by atomic mass is 79.9. The first-order valence-electron chi connectivity index (χ1n) is 5.99. The van der Waals surface area contributed by atoms with Gasteiger partial charge in [-0.1, -0.05) is 39.1 Å². The van der Waals surface area contributed by atoms with Gasteiger partial charge >= 0.3 is 0 Å². The second-order valence-corrected chi connectivity index (χ2v) is 6.92. The number of phenolic OH excluding ortho intramolecular Hbond substituents is 2. The van der Waals surface area contributed by atoms with Gasteiger partial charge in [0, 0.05) is 15.1 Å². The van der Waals surface area contributed by atoms with Gasteiger partial charge in [-0.2, -0.15) is 5.10 Å². The predicted octanol–water partition coefficient (Wildman–Crippen LogP) is 4.69. The summed E-state index contributed by atoms with van der Waals surface area (Å²) >= 11 is 18.0. The number of hydrogen-bond donors (Lipinski definition) is 3. The molecule has 23 heavy (non-hydrogen) atoms. The first-order chi connectivity index (χ1) is 10.8. The smallest absolute Gasteiger partial charge is 0.275 e. The van der Waals surface area contributed by atoms with Gasteiger partial charge in [0.05, 0.1) is 21.3 Å². The fourth-order valence-corrected chi connectivity index (χ4v) is 3.40. The third kappa shape index (κ3) is 4.38. The summed E-state index contributed by atoms with van der Waals surface area (Å²) in [5.41, 5.74) is 2.48. The summed E-state index contributed by atoms with van der Waals surface area (Å²) in [6.45, 7) is 0. The molecule has 0 saturated carbocycles. The topological polar surface area (TPSA) is 81.9 Å². The fraction of sp³-hybridized carbons (Fsp3) is 0. The summed E-state index contributed by atoms with van der Waals surface area (Å²) in [5.74, 6) is -1.12. The molecule has 0 radical (unpaired) electrons. The zero-order chi connectivity index (χ0) is 17.1. The summed E-state index contributed by atoms with van der Waals surface area (Å²) in [7, 11) is 0. The Morgan fingerprint density at radius 3 is 2.52 bits per heavy atom. The summed E-state index contributed by atoms with van der Waals surface area (Å²) in [6, 6.07) is 5.86. The highest BCUT2D eigenvalue weighted by Crippen LogP contribution is 2.32. The van der Waals surface area contributed by atoms with Gasteiger partial charge in [-0.15, -0.1) is 0 Å². The second-order valence-electron chi connectivity index (χ2n) is 4.31. The van der Waals surface area contributed by atoms with Crippen molar-refractivity contribution in [3.63, 3.8) is 0 Å². The molecule has 0 saturated heterocycles. The number of halogens is 4. The molecule has 0 fully saturated rings. The average molecular weight is 483 g/mol. The maximum Gasteiger partial charge on any atom is 0.275 e. The molecule has 120 valence electrons. The van der Waals surface area contributed by atoms with Crippen molar-refractivity contribution in [2.45, 2.75) is 0 Å². The van der Waals surface area contributed by atoms with Crippen LogP contribution in [0.5, 0.6) is 11.5 Å². The molecule has 0 aliphatic carbocycles. The van der Waals surface area contributed by atoms with E-state index in [0.29, 0.717) is 14.5 Å². The first kappa shape index (κ1) is 18.1. The molecule has 0 spiro atoms. The Morgan fingerprint density at radius 2 is 1.83 bits per heavy atom. The molecule has 2 rings (SSSR count). The summed E-state index contributed by atoms with van der Waals surface area (Å²) in [5, 5.41) is 23.5. The van der Waals surface area contributed by atoms with Crippen LogP contribution in [0.25, 0.3) is 0 Å². The van der Waals surface area contributed by atoms with Gasteiger partial charge in [0.15, 0.2) is 0 Å². The van der Waals surface area contributed by atoms with Crippen LogP contribution in [0.15, 0.2) is 38.3 Å². The largest absolute Gasteiger partial charge is 0.506 e. The molecule has 0 unspecified atom stereocenters. The van der Waals surface area contributed by atoms with E-state index in [1.54, 1.807) is 12.1 Å². The van der Waals surface area contributed by atoms with Crippen LogP contribution < -0.4 is 5.43 Å². The van der Waals surface area contributed by atoms with Crippen LogP contribution >= 0.6 is 55.1 Å². The normalized spacial score (nSPS) is 11.0. The highest BCUT2D eigenvalue weighted by Gasteiger charge is 2.15. The number of hydrazone groups is 1. The van der Waals surface area contributed by atoms with Crippen LogP contribution in [-0.2, 0) is 0 Å². The van der Waals surface area contributed by atoms with Crippen LogP contribution in [0, 0.1) is 0 Å². The van der Waals surface area contributed by atoms with Gasteiger partial charge in [0.2, 0.25) is 0 Å². The average Bonchev–Trinajstić information content (AvgIpc) is 2.47. The molecule has 2 aromatic rings. The Kier molecular flexibility index (Phi) is 5.91. The molecule has 3 N–H and O–H groups in total. The van der Waals surface area contributed by atoms with Crippen molar-refractivity contribution in [2.75, 3.05) is 0 Å². The van der Waals surface area contributed by atoms with Crippen LogP contribution in [0.3, 0.4) is 0 Å². The molecule has 0 atom stereocenters. The lowest BCUT2D eigenvalue weighted by Crippen LogP contribution is -2.17. The summed E-state index contributed by atoms with van der Waals surface area (Å²) in [4.78, 5) is 12.0. The minimum Gasteiger partial charge on any atom is -0.506 e. The number of hydrogen-bond acceptors (Lipinski definition) is 4. The second kappa shape index (κ2) is 7.53. The molecule has 0 heterocycles. The Morgan fingerprint density at radius 1 is 1.13 bits per heavy atom. The van der Waals surface area contributed by atoms with E-state index in [1.807, 2.05) is 0 Å². The lowest BCUT2D eigenvalue weighted by Gasteiger charge is -2.06. The third-order valence-electron chi connectivity index (χ3n) is 2.70. The van der Waals surface area contributed by atoms with Crippen LogP contribution in [0.1, 0.15) is 15.9 Å². The maximum absolute atomic E-state index is 12.0. The third-order valence-corrected chi connectivity index (χ3v) is 4.27. The minimum atomic E-state index is -0.697. The molecule has 0 bridgehead atoms. The molecular weight excluding hydrogens is 475 g/mol. The zero-order valence-corrected chi connectivity index (χ0v) is 15.8. The minimum absolute atomic E-state index is 0.0279. The van der Waals surface area contributed by atoms with Crippen LogP contribution in [0.2, 0.25) is 10.0 Å². The fourth-order valence-electron chi connectivity index (χ4n) is 1.64. The van der Waals surface area contributed by atoms with Gasteiger partial charge in [0.25, 0.3) is 5.91 Å². The van der Waals surface area contributed by atoms with Gasteiger partial charge in [-0.05, 0) is 40.2 Å². The molecule has 9 heteroatoms. The van der Waals surface area contributed by atoms with E-state index >= 15 is 0 Å². The number of carbonyl (C=O) groups excluding carboxylic acids is 1. The number of benzene rings is 2. The molecule has 0 aliphatic heterocycles. The van der Waals surface area contributed by atoms with E-state index < -0.39 is 11.7 Å². The van der Waals surface area contributed by atoms with E-state index in [9.17, 15) is 15.0 Å². The molecule has 0 aromatic heterocycles. The number of phenols is 2. The van der Waals surface area contributed by atoms with Crippen molar-refractivity contribution in [1.29, 1.82) is 0 Å². The molecule has 0 aliphatic rings. The van der Waals surface area contributed by atoms with Crippen molar-refractivity contribution >= 4 is 67.2 Å². The van der Waals surface area contributed by atoms with Crippen molar-refractivity contribution < 1.29 is 15.0 Å². The Hall–Kier alpha value is -1.28. The van der Waals surface area contributed by atoms with Gasteiger partial charge < -0.3 is 10.2 Å². The van der Waals surface area contributed by atoms with E-state index in [4.69, 9.17) is 23.2 Å². The molecular formula is C14H8Br2Cl2N2O3. The number of amides is 1. The number of aromatic hydroxyl groups is 2. The number of carbonyl (C=O) groups is 1. The van der Waals surface area contributed by atoms with Crippen LogP contribution in [-0.4, -0.2) is 22.3 Å². The van der Waals surface area contributed by atoms with Crippen molar-refractivity contribution in [3.05, 3.63) is 54.4 Å². The Labute approximate surface area is 158 Å². The van der Waals surface area contributed by atoms with Gasteiger partial charge in [0.1, 0.15) is 11.5 Å². The molecule has 1 amide bonds. The Bertz CT molecular complexity index is 813. The lowest BCUT2D eigenvalue weighted by atomic mass is 10.2. The Balaban J connectivity index is 2.20. The van der Waals surface area contributed by atoms with E-state index in [1.165, 1.54) is 18.3 Å². The number of nitrogens with one attached hydrogen (secondary N) is 1. The summed E-state index contributed by atoms with van der Waals surface area (Å²) in [6.07, 6.45) is 1.26. The SMILES string of the molecule is O=C(NN=Cc1cc(Br)cc(Br)c1O)c1cc(Cl)cc(Cl)c1O. The van der Waals surface area contributed by atoms with Gasteiger partial charge in [-0.3, -0.25) is 4.79 Å². The standard InChI is InChI=1S/C14H8Br2Cl2N2O3/c15-7-1-6(12(21)10(16)2-7)5-19-20-14(23)9-3-8(17)4-11(18)13(9)22/h1-5,21-22H,(H,20,23). The van der Waals surface area contributed by atoms with Crippen molar-refractivity contribution in [1.82, 2.24) is 5.43 Å². The van der Waals surface area contributed by atoms with E-state index in [-0.39, 0.29) is 21.4 Å². The quantitative estimate of drug-likeness (QED) is 0.438. The maximum atomic E-state index is 12.0. The highest BCUT2D eigenvalue weighted by molar-refractivity contribution is 9.11. The van der Waals surface area contributed by atoms with Crippen LogP contribution in [0.4, 0.5) is 0 Å². The monoisotopic (exact) mass is 480 g/mol. The van der Waals surface area contributed by atoms with Crippen molar-refractivity contribution in [3.8, 4) is 11.5 Å². The number of nitrogens with zero attached hydrogens (tertiary/aromatic N) is 1. The summed E-state index contributed by atoms with van der Waals surface area (Å²) < 4.78 is 1.19. The lowest BCUT2D eigenvalue weighted by molar-refractivity contribution is 0.0952. The first-order valence-corrected chi connectivity index (χ1v) is 8.33. The number of rotatable bonds is 3. The van der Waals surface area contributed by atoms with Crippen molar-refractivity contribution in [2.24, 2.45) is 5.10 Å².